The van der Waals surface area contributed by atoms with Crippen LogP contribution >= 0.6 is 0 Å². The lowest BCUT2D eigenvalue weighted by atomic mass is 9.97. The number of rotatable bonds is 10. The lowest BCUT2D eigenvalue weighted by Gasteiger charge is -2.20. The molecule has 3 nitrogen and oxygen atoms in total. The molecular weight excluding hydrogens is 288 g/mol. The van der Waals surface area contributed by atoms with Gasteiger partial charge in [0.2, 0.25) is 0 Å². The molecule has 0 spiro atoms. The third-order valence-corrected chi connectivity index (χ3v) is 3.63. The summed E-state index contributed by atoms with van der Waals surface area (Å²) >= 11 is 0. The molecule has 3 N–H and O–H groups in total. The molecule has 0 radical (unpaired) electrons. The molecule has 3 heteroatoms. The summed E-state index contributed by atoms with van der Waals surface area (Å²) < 4.78 is 0. The Labute approximate surface area is 141 Å². The van der Waals surface area contributed by atoms with Crippen molar-refractivity contribution in [1.29, 1.82) is 0 Å². The van der Waals surface area contributed by atoms with E-state index in [1.54, 1.807) is 13.0 Å². The maximum absolute atomic E-state index is 9.96. The van der Waals surface area contributed by atoms with Gasteiger partial charge in [-0.05, 0) is 53.9 Å². The van der Waals surface area contributed by atoms with Crippen LogP contribution in [0.5, 0.6) is 0 Å². The Bertz CT molecular complexity index is 452. The first-order valence-corrected chi connectivity index (χ1v) is 8.26. The molecule has 0 fully saturated rings. The average molecular weight is 322 g/mol. The van der Waals surface area contributed by atoms with Gasteiger partial charge in [0, 0.05) is 6.42 Å². The lowest BCUT2D eigenvalue weighted by molar-refractivity contribution is 0.0574. The van der Waals surface area contributed by atoms with E-state index in [0.717, 1.165) is 29.6 Å². The SMILES string of the molecule is C=CC(C)(O)CC(O)C=C(C)CCC=C(C)CC(O)C=C(C)C. The van der Waals surface area contributed by atoms with Gasteiger partial charge in [-0.2, -0.15) is 0 Å². The fourth-order valence-corrected chi connectivity index (χ4v) is 2.38. The number of aliphatic hydroxyl groups is 3. The minimum atomic E-state index is -1.05. The molecular formula is C20H34O3. The minimum Gasteiger partial charge on any atom is -0.389 e. The Hall–Kier alpha value is -1.16. The van der Waals surface area contributed by atoms with E-state index in [9.17, 15) is 15.3 Å². The second-order valence-electron chi connectivity index (χ2n) is 6.95. The van der Waals surface area contributed by atoms with Crippen LogP contribution in [0.4, 0.5) is 0 Å². The van der Waals surface area contributed by atoms with Crippen molar-refractivity contribution in [2.45, 2.75) is 78.1 Å². The molecule has 0 rings (SSSR count). The highest BCUT2D eigenvalue weighted by molar-refractivity contribution is 5.09. The van der Waals surface area contributed by atoms with Crippen LogP contribution in [-0.4, -0.2) is 33.1 Å². The largest absolute Gasteiger partial charge is 0.389 e. The zero-order valence-corrected chi connectivity index (χ0v) is 15.3. The first-order chi connectivity index (χ1) is 10.6. The Morgan fingerprint density at radius 3 is 2.17 bits per heavy atom. The molecule has 132 valence electrons. The molecule has 0 aliphatic carbocycles. The highest BCUT2D eigenvalue weighted by Crippen LogP contribution is 2.17. The van der Waals surface area contributed by atoms with Crippen LogP contribution in [0.3, 0.4) is 0 Å². The summed E-state index contributed by atoms with van der Waals surface area (Å²) in [6.45, 7) is 13.2. The monoisotopic (exact) mass is 322 g/mol. The predicted molar refractivity (Wildman–Crippen MR) is 98.2 cm³/mol. The molecule has 0 saturated heterocycles. The number of hydrogen-bond donors (Lipinski definition) is 3. The summed E-state index contributed by atoms with van der Waals surface area (Å²) in [7, 11) is 0. The molecule has 0 bridgehead atoms. The van der Waals surface area contributed by atoms with Crippen LogP contribution < -0.4 is 0 Å². The Kier molecular flexibility index (Phi) is 10.1. The molecule has 0 saturated carbocycles. The van der Waals surface area contributed by atoms with E-state index in [-0.39, 0.29) is 6.42 Å². The van der Waals surface area contributed by atoms with E-state index in [4.69, 9.17) is 0 Å². The van der Waals surface area contributed by atoms with Crippen molar-refractivity contribution in [2.75, 3.05) is 0 Å². The van der Waals surface area contributed by atoms with E-state index in [1.165, 1.54) is 6.08 Å². The number of aliphatic hydroxyl groups excluding tert-OH is 2. The smallest absolute Gasteiger partial charge is 0.0824 e. The summed E-state index contributed by atoms with van der Waals surface area (Å²) in [5.41, 5.74) is 2.32. The second-order valence-corrected chi connectivity index (χ2v) is 6.95. The first kappa shape index (κ1) is 21.8. The van der Waals surface area contributed by atoms with E-state index in [0.29, 0.717) is 6.42 Å². The van der Waals surface area contributed by atoms with E-state index in [1.807, 2.05) is 33.8 Å². The van der Waals surface area contributed by atoms with Crippen molar-refractivity contribution in [3.8, 4) is 0 Å². The van der Waals surface area contributed by atoms with Gasteiger partial charge < -0.3 is 15.3 Å². The molecule has 3 unspecified atom stereocenters. The Morgan fingerprint density at radius 1 is 1.04 bits per heavy atom. The molecule has 0 aromatic heterocycles. The molecule has 0 aromatic carbocycles. The molecule has 0 heterocycles. The van der Waals surface area contributed by atoms with Crippen molar-refractivity contribution >= 4 is 0 Å². The molecule has 3 atom stereocenters. The highest BCUT2D eigenvalue weighted by atomic mass is 16.3. The van der Waals surface area contributed by atoms with Crippen LogP contribution in [0.15, 0.2) is 47.6 Å². The zero-order chi connectivity index (χ0) is 18.0. The van der Waals surface area contributed by atoms with Crippen LogP contribution in [0.25, 0.3) is 0 Å². The third-order valence-electron chi connectivity index (χ3n) is 3.63. The third kappa shape index (κ3) is 12.0. The van der Waals surface area contributed by atoms with E-state index < -0.39 is 17.8 Å². The Balaban J connectivity index is 4.34. The summed E-state index contributed by atoms with van der Waals surface area (Å²) in [6.07, 6.45) is 8.77. The number of allylic oxidation sites excluding steroid dienone is 3. The average Bonchev–Trinajstić information content (AvgIpc) is 2.36. The fourth-order valence-electron chi connectivity index (χ4n) is 2.38. The fraction of sp³-hybridized carbons (Fsp3) is 0.600. The van der Waals surface area contributed by atoms with Gasteiger partial charge in [0.25, 0.3) is 0 Å². The molecule has 0 amide bonds. The number of hydrogen-bond acceptors (Lipinski definition) is 3. The summed E-state index contributed by atoms with van der Waals surface area (Å²) in [5.74, 6) is 0. The maximum atomic E-state index is 9.96. The molecule has 0 aliphatic rings. The van der Waals surface area contributed by atoms with Gasteiger partial charge in [-0.25, -0.2) is 0 Å². The standard InChI is InChI=1S/C20H34O3/c1-7-20(6,23)14-19(22)13-17(5)10-8-9-16(4)12-18(21)11-15(2)3/h7,9,11,13,18-19,21-23H,1,8,10,12,14H2,2-6H3. The quantitative estimate of drug-likeness (QED) is 0.531. The van der Waals surface area contributed by atoms with Crippen LogP contribution in [0.1, 0.15) is 60.3 Å². The molecule has 23 heavy (non-hydrogen) atoms. The van der Waals surface area contributed by atoms with Crippen LogP contribution in [0.2, 0.25) is 0 Å². The summed E-state index contributed by atoms with van der Waals surface area (Å²) in [6, 6.07) is 0. The van der Waals surface area contributed by atoms with Gasteiger partial charge in [0.15, 0.2) is 0 Å². The molecule has 0 aromatic rings. The normalized spacial score (nSPS) is 18.1. The highest BCUT2D eigenvalue weighted by Gasteiger charge is 2.19. The van der Waals surface area contributed by atoms with Gasteiger partial charge in [0.05, 0.1) is 17.8 Å². The van der Waals surface area contributed by atoms with E-state index >= 15 is 0 Å². The Morgan fingerprint density at radius 2 is 1.65 bits per heavy atom. The van der Waals surface area contributed by atoms with Crippen molar-refractivity contribution in [3.63, 3.8) is 0 Å². The van der Waals surface area contributed by atoms with Gasteiger partial charge in [-0.1, -0.05) is 41.0 Å². The minimum absolute atomic E-state index is 0.248. The van der Waals surface area contributed by atoms with Crippen molar-refractivity contribution < 1.29 is 15.3 Å². The van der Waals surface area contributed by atoms with E-state index in [2.05, 4.69) is 12.7 Å². The first-order valence-electron chi connectivity index (χ1n) is 8.26. The second kappa shape index (κ2) is 10.6. The molecule has 0 aliphatic heterocycles. The van der Waals surface area contributed by atoms with Gasteiger partial charge in [-0.15, -0.1) is 6.58 Å². The van der Waals surface area contributed by atoms with Crippen molar-refractivity contribution in [2.24, 2.45) is 0 Å². The van der Waals surface area contributed by atoms with Crippen LogP contribution in [0, 0.1) is 0 Å². The maximum Gasteiger partial charge on any atom is 0.0824 e. The van der Waals surface area contributed by atoms with Gasteiger partial charge >= 0.3 is 0 Å². The topological polar surface area (TPSA) is 60.7 Å². The van der Waals surface area contributed by atoms with Crippen LogP contribution in [-0.2, 0) is 0 Å². The van der Waals surface area contributed by atoms with Crippen molar-refractivity contribution in [1.82, 2.24) is 0 Å². The van der Waals surface area contributed by atoms with Gasteiger partial charge in [0.1, 0.15) is 0 Å². The van der Waals surface area contributed by atoms with Crippen molar-refractivity contribution in [3.05, 3.63) is 47.6 Å². The zero-order valence-electron chi connectivity index (χ0n) is 15.3. The van der Waals surface area contributed by atoms with Gasteiger partial charge in [-0.3, -0.25) is 0 Å². The summed E-state index contributed by atoms with van der Waals surface area (Å²) in [4.78, 5) is 0. The predicted octanol–water partition coefficient (Wildman–Crippen LogP) is 4.06. The summed E-state index contributed by atoms with van der Waals surface area (Å²) in [5, 5.41) is 29.7. The lowest BCUT2D eigenvalue weighted by Crippen LogP contribution is -2.26.